The number of methoxy groups -OCH3 is 4. The fourth-order valence-corrected chi connectivity index (χ4v) is 26.8. The third kappa shape index (κ3) is 26.8. The first-order valence-corrected chi connectivity index (χ1v) is 46.9. The van der Waals surface area contributed by atoms with E-state index in [4.69, 9.17) is 56.2 Å². The summed E-state index contributed by atoms with van der Waals surface area (Å²) in [6, 6.07) is 78.2. The van der Waals surface area contributed by atoms with Gasteiger partial charge in [0.1, 0.15) is 23.2 Å². The van der Waals surface area contributed by atoms with Gasteiger partial charge in [0.25, 0.3) is 8.32 Å². The van der Waals surface area contributed by atoms with Gasteiger partial charge in [-0.25, -0.2) is 9.59 Å². The van der Waals surface area contributed by atoms with Crippen LogP contribution in [0.2, 0.25) is 10.1 Å². The zero-order valence-corrected chi connectivity index (χ0v) is 76.0. The summed E-state index contributed by atoms with van der Waals surface area (Å²) >= 11 is -0.0725. The summed E-state index contributed by atoms with van der Waals surface area (Å²) in [4.78, 5) is 53.6. The Balaban J connectivity index is 0.000000299. The van der Waals surface area contributed by atoms with E-state index in [0.717, 1.165) is 24.8 Å². The predicted molar refractivity (Wildman–Crippen MR) is 483 cm³/mol. The SMILES string of the molecule is CCOC(=O)c1c(/C=C/CC[C@H](C)C(/C=C\C[C@H](C)O[Si](c2ccccc2)(c2ccccc2)C(C)(C)C)OC(=O)c2ccccc2)cc(OC)cc1OCOC.CCOC(=O)c1c(OCOC)cc(OC)cc1C(CCC[C@H](C)C(/C=C\C[C@H](C)O[Si](c1ccccc1)(c1ccccc1)C(C)(C)C)OC(=O)c1ccccc1)[Se]c1ccccc1. The van der Waals surface area contributed by atoms with Crippen molar-refractivity contribution in [2.24, 2.45) is 11.8 Å². The summed E-state index contributed by atoms with van der Waals surface area (Å²) in [6.45, 7) is 26.1. The van der Waals surface area contributed by atoms with Crippen molar-refractivity contribution in [2.75, 3.05) is 55.2 Å². The van der Waals surface area contributed by atoms with Gasteiger partial charge in [0.15, 0.2) is 6.79 Å². The quantitative estimate of drug-likeness (QED) is 0.0116. The van der Waals surface area contributed by atoms with Gasteiger partial charge in [-0.15, -0.1) is 0 Å². The molecule has 0 amide bonds. The van der Waals surface area contributed by atoms with E-state index >= 15 is 0 Å². The zero-order valence-electron chi connectivity index (χ0n) is 72.2. The molecule has 0 N–H and O–H groups in total. The molecule has 7 atom stereocenters. The van der Waals surface area contributed by atoms with Crippen LogP contribution in [-0.4, -0.2) is 135 Å². The Morgan fingerprint density at radius 2 is 0.798 bits per heavy atom. The Labute approximate surface area is 715 Å². The molecule has 0 heterocycles. The van der Waals surface area contributed by atoms with Gasteiger partial charge in [-0.3, -0.25) is 0 Å². The number of esters is 4. The Morgan fingerprint density at radius 3 is 1.18 bits per heavy atom. The van der Waals surface area contributed by atoms with E-state index in [1.165, 1.54) is 32.3 Å². The second-order valence-electron chi connectivity index (χ2n) is 31.5. The van der Waals surface area contributed by atoms with Gasteiger partial charge in [0, 0.05) is 19.3 Å². The molecule has 0 spiro atoms. The van der Waals surface area contributed by atoms with Crippen LogP contribution in [0.4, 0.5) is 0 Å². The van der Waals surface area contributed by atoms with Crippen LogP contribution in [0.1, 0.15) is 185 Å². The number of hydrogen-bond acceptors (Lipinski definition) is 16. The molecule has 0 aliphatic rings. The van der Waals surface area contributed by atoms with Crippen LogP contribution in [0.25, 0.3) is 6.08 Å². The predicted octanol–water partition coefficient (Wildman–Crippen LogP) is 19.3. The average Bonchev–Trinajstić information content (AvgIpc) is 0.748. The maximum atomic E-state index is 13.7. The standard InChI is InChI=1S/C53H64O8SeSi.C47H58O8Si/c1-9-58-52(55)50-46(36-42(57-8)37-48(50)59-38-56-7)49(62-43-28-16-11-17-29-43)35-22-24-39(2)47(60-51(54)41-26-14-10-15-27-41)34-23-25-40(3)61-63(53(4,5)6,44-30-18-12-19-31-44)45-32-20-13-21-33-45;1-9-52-46(49)44-38(32-39(51-8)33-43(44)53-34-50-7)26-20-19-22-35(2)42(54-45(48)37-24-13-10-14-25-37)31-21-23-36(3)55-56(47(4,5)6,40-27-15-11-16-28-40)41-29-17-12-18-30-41/h10-21,23,26-34,36-37,39-40,47,49H,9,22,24-25,35,38H2,1-8H3;10-18,20-21,24-33,35-36,42H,9,19,22-23,34H2,1-8H3/b34-23-;26-20+,31-21-/t39-,40-,47?,49?;35-,36-,42?/m00/s1. The fourth-order valence-electron chi connectivity index (χ4n) is 14.7. The van der Waals surface area contributed by atoms with Crippen molar-refractivity contribution >= 4 is 86.8 Å². The molecule has 9 aromatic carbocycles. The van der Waals surface area contributed by atoms with E-state index in [-0.39, 0.29) is 92.6 Å². The van der Waals surface area contributed by atoms with Crippen molar-refractivity contribution in [1.29, 1.82) is 0 Å². The van der Waals surface area contributed by atoms with Crippen molar-refractivity contribution in [3.63, 3.8) is 0 Å². The molecule has 0 bridgehead atoms. The fraction of sp³-hybridized carbons (Fsp3) is 0.360. The van der Waals surface area contributed by atoms with Gasteiger partial charge < -0.3 is 28.1 Å². The molecule has 9 rings (SSSR count). The van der Waals surface area contributed by atoms with Gasteiger partial charge in [-0.2, -0.15) is 0 Å². The Kier molecular flexibility index (Phi) is 37.9. The minimum absolute atomic E-state index is 0.0258. The van der Waals surface area contributed by atoms with Gasteiger partial charge in [0.05, 0.1) is 19.3 Å². The Hall–Kier alpha value is -9.93. The summed E-state index contributed by atoms with van der Waals surface area (Å²) in [5.74, 6) is 0.0308. The number of carbonyl (C=O) groups is 4. The van der Waals surface area contributed by atoms with Gasteiger partial charge in [-0.1, -0.05) is 206 Å². The van der Waals surface area contributed by atoms with Crippen LogP contribution < -0.4 is 44.2 Å². The Morgan fingerprint density at radius 1 is 0.429 bits per heavy atom. The summed E-state index contributed by atoms with van der Waals surface area (Å²) < 4.78 is 72.5. The van der Waals surface area contributed by atoms with Crippen molar-refractivity contribution < 1.29 is 75.4 Å². The number of allylic oxidation sites excluding steroid dienone is 1. The maximum absolute atomic E-state index is 13.7. The third-order valence-electron chi connectivity index (χ3n) is 20.7. The van der Waals surface area contributed by atoms with E-state index in [1.807, 2.05) is 97.1 Å². The Bertz CT molecular complexity index is 4560. The van der Waals surface area contributed by atoms with Crippen LogP contribution in [0.3, 0.4) is 0 Å². The van der Waals surface area contributed by atoms with Crippen LogP contribution in [-0.2, 0) is 37.3 Å². The number of benzene rings is 9. The first-order chi connectivity index (χ1) is 57.4. The molecule has 0 aliphatic heterocycles. The molecule has 0 radical (unpaired) electrons. The number of ether oxygens (including phenoxy) is 10. The minimum atomic E-state index is -2.77. The molecule has 3 unspecified atom stereocenters. The van der Waals surface area contributed by atoms with E-state index in [1.54, 1.807) is 77.6 Å². The first kappa shape index (κ1) is 94.6. The molecule has 0 saturated heterocycles. The van der Waals surface area contributed by atoms with Crippen LogP contribution in [0, 0.1) is 11.8 Å². The molecule has 19 heteroatoms. The van der Waals surface area contributed by atoms with Gasteiger partial charge in [-0.05, 0) is 99.7 Å². The van der Waals surface area contributed by atoms with E-state index in [2.05, 4.69) is 203 Å². The van der Waals surface area contributed by atoms with Crippen LogP contribution in [0.5, 0.6) is 23.0 Å². The summed E-state index contributed by atoms with van der Waals surface area (Å²) in [5.41, 5.74) is 3.10. The second kappa shape index (κ2) is 47.8. The molecular weight excluding hydrogens is 1590 g/mol. The number of carbonyl (C=O) groups excluding carboxylic acids is 4. The summed E-state index contributed by atoms with van der Waals surface area (Å²) in [6.07, 6.45) is 15.8. The molecular formula is C100H122O16SeSi2. The van der Waals surface area contributed by atoms with Crippen molar-refractivity contribution in [2.45, 2.75) is 167 Å². The third-order valence-corrected chi connectivity index (χ3v) is 33.8. The molecule has 9 aromatic rings. The van der Waals surface area contributed by atoms with E-state index < -0.39 is 40.8 Å². The number of rotatable bonds is 43. The molecule has 0 fully saturated rings. The van der Waals surface area contributed by atoms with Crippen LogP contribution in [0.15, 0.2) is 267 Å². The normalized spacial score (nSPS) is 13.7. The van der Waals surface area contributed by atoms with E-state index in [9.17, 15) is 19.2 Å². The van der Waals surface area contributed by atoms with E-state index in [0.29, 0.717) is 76.5 Å². The molecule has 16 nitrogen and oxygen atoms in total. The zero-order chi connectivity index (χ0) is 85.8. The van der Waals surface area contributed by atoms with Gasteiger partial charge in [0.2, 0.25) is 0 Å². The number of hydrogen-bond donors (Lipinski definition) is 0. The molecule has 119 heavy (non-hydrogen) atoms. The first-order valence-electron chi connectivity index (χ1n) is 41.2. The van der Waals surface area contributed by atoms with Gasteiger partial charge >= 0.3 is 299 Å². The molecule has 632 valence electrons. The molecule has 0 saturated carbocycles. The van der Waals surface area contributed by atoms with Crippen LogP contribution >= 0.6 is 0 Å². The topological polar surface area (TPSA) is 179 Å². The summed E-state index contributed by atoms with van der Waals surface area (Å²) in [7, 11) is 0.705. The second-order valence-corrected chi connectivity index (χ2v) is 42.7. The van der Waals surface area contributed by atoms with Crippen molar-refractivity contribution in [3.05, 3.63) is 300 Å². The summed E-state index contributed by atoms with van der Waals surface area (Å²) in [5, 5.41) is 4.62. The molecule has 0 aromatic heterocycles. The monoisotopic (exact) mass is 1710 g/mol. The van der Waals surface area contributed by atoms with Crippen molar-refractivity contribution in [1.82, 2.24) is 0 Å². The molecule has 0 aliphatic carbocycles. The average molecular weight is 1720 g/mol. The van der Waals surface area contributed by atoms with Crippen molar-refractivity contribution in [3.8, 4) is 23.0 Å².